The summed E-state index contributed by atoms with van der Waals surface area (Å²) in [6.07, 6.45) is 0.780. The summed E-state index contributed by atoms with van der Waals surface area (Å²) < 4.78 is 0.457. The van der Waals surface area contributed by atoms with Crippen LogP contribution in [0.15, 0.2) is 71.2 Å². The maximum absolute atomic E-state index is 13.9. The number of benzene rings is 3. The number of hydrogen-bond acceptors (Lipinski definition) is 5. The highest BCUT2D eigenvalue weighted by molar-refractivity contribution is 9.10. The van der Waals surface area contributed by atoms with Gasteiger partial charge in [-0.3, -0.25) is 19.7 Å². The van der Waals surface area contributed by atoms with Gasteiger partial charge in [0.05, 0.1) is 22.2 Å². The van der Waals surface area contributed by atoms with Crippen LogP contribution in [0.3, 0.4) is 0 Å². The average molecular weight is 503 g/mol. The number of anilines is 1. The Morgan fingerprint density at radius 3 is 2.12 bits per heavy atom. The molecule has 7 rings (SSSR count). The summed E-state index contributed by atoms with van der Waals surface area (Å²) in [5, 5.41) is 11.8. The summed E-state index contributed by atoms with van der Waals surface area (Å²) in [6, 6.07) is 19.0. The number of nitrogens with zero attached hydrogens (tertiary/aromatic N) is 2. The van der Waals surface area contributed by atoms with Crippen molar-refractivity contribution in [1.82, 2.24) is 0 Å². The first kappa shape index (κ1) is 20.0. The largest absolute Gasteiger partial charge is 0.302 e. The van der Waals surface area contributed by atoms with Crippen LogP contribution in [0, 0.1) is 22.0 Å². The number of nitro groups is 1. The molecular weight excluding hydrogens is 488 g/mol. The van der Waals surface area contributed by atoms with Gasteiger partial charge in [-0.15, -0.1) is 0 Å². The van der Waals surface area contributed by atoms with Crippen LogP contribution in [-0.4, -0.2) is 23.0 Å². The number of nitro benzene ring substituents is 1. The van der Waals surface area contributed by atoms with Crippen molar-refractivity contribution >= 4 is 45.4 Å². The molecule has 0 radical (unpaired) electrons. The summed E-state index contributed by atoms with van der Waals surface area (Å²) >= 11 is 3.21. The number of carbonyl (C=O) groups excluding carboxylic acids is 3. The van der Waals surface area contributed by atoms with E-state index in [9.17, 15) is 24.5 Å². The second-order valence-electron chi connectivity index (χ2n) is 8.54. The molecule has 8 heteroatoms. The van der Waals surface area contributed by atoms with Crippen LogP contribution in [0.25, 0.3) is 0 Å². The predicted octanol–water partition coefficient (Wildman–Crippen LogP) is 4.11. The Kier molecular flexibility index (Phi) is 4.05. The minimum Gasteiger partial charge on any atom is -0.302 e. The van der Waals surface area contributed by atoms with E-state index < -0.39 is 39.9 Å². The lowest BCUT2D eigenvalue weighted by atomic mass is 9.48. The Bertz CT molecular complexity index is 1370. The molecular formula is C25H15BrN2O5. The molecule has 0 spiro atoms. The molecule has 0 aromatic heterocycles. The number of halogens is 1. The third kappa shape index (κ3) is 2.31. The van der Waals surface area contributed by atoms with Crippen LogP contribution >= 0.6 is 15.9 Å². The van der Waals surface area contributed by atoms with Crippen LogP contribution in [0.4, 0.5) is 11.4 Å². The Hall–Kier alpha value is -3.65. The van der Waals surface area contributed by atoms with E-state index >= 15 is 0 Å². The van der Waals surface area contributed by atoms with Gasteiger partial charge in [0.25, 0.3) is 5.69 Å². The maximum Gasteiger partial charge on any atom is 0.294 e. The van der Waals surface area contributed by atoms with E-state index in [0.717, 1.165) is 33.4 Å². The standard InChI is InChI=1S/C25H15BrN2O5/c26-13-9-10-18(19(11-13)28(32)33)27-23(30)21-20-14-5-1-3-7-16(14)25(12-29,22(21)24(27)31)17-8-4-2-6-15(17)20/h1-12,20-22H/t20?,21-,22+,25?/m0/s1. The Balaban J connectivity index is 1.64. The Morgan fingerprint density at radius 2 is 1.55 bits per heavy atom. The van der Waals surface area contributed by atoms with Crippen molar-refractivity contribution in [1.29, 1.82) is 0 Å². The number of aldehydes is 1. The number of carbonyl (C=O) groups is 3. The number of imide groups is 1. The summed E-state index contributed by atoms with van der Waals surface area (Å²) in [7, 11) is 0. The molecule has 0 unspecified atom stereocenters. The highest BCUT2D eigenvalue weighted by Crippen LogP contribution is 2.63. The van der Waals surface area contributed by atoms with Gasteiger partial charge in [0.2, 0.25) is 11.8 Å². The smallest absolute Gasteiger partial charge is 0.294 e. The van der Waals surface area contributed by atoms with Crippen molar-refractivity contribution in [3.63, 3.8) is 0 Å². The molecule has 1 aliphatic heterocycles. The van der Waals surface area contributed by atoms with Gasteiger partial charge in [0, 0.05) is 16.5 Å². The molecule has 3 aromatic carbocycles. The molecule has 7 nitrogen and oxygen atoms in total. The minimum absolute atomic E-state index is 0.0823. The molecule has 2 amide bonds. The van der Waals surface area contributed by atoms with Crippen LogP contribution in [0.2, 0.25) is 0 Å². The van der Waals surface area contributed by atoms with Gasteiger partial charge in [-0.2, -0.15) is 0 Å². The normalized spacial score (nSPS) is 26.6. The molecule has 1 saturated heterocycles. The SMILES string of the molecule is O=CC12c3ccccc3C(c3ccccc31)[C@@H]1C(=O)N(c3ccc(Br)cc3[N+](=O)[O-])C(=O)[C@@H]12. The summed E-state index contributed by atoms with van der Waals surface area (Å²) in [4.78, 5) is 52.7. The minimum atomic E-state index is -1.34. The molecule has 33 heavy (non-hydrogen) atoms. The molecule has 0 saturated carbocycles. The van der Waals surface area contributed by atoms with Gasteiger partial charge >= 0.3 is 0 Å². The molecule has 1 heterocycles. The van der Waals surface area contributed by atoms with Crippen molar-refractivity contribution in [2.24, 2.45) is 11.8 Å². The lowest BCUT2D eigenvalue weighted by molar-refractivity contribution is -0.384. The van der Waals surface area contributed by atoms with Gasteiger partial charge in [0.1, 0.15) is 12.0 Å². The number of hydrogen-bond donors (Lipinski definition) is 0. The first-order valence-corrected chi connectivity index (χ1v) is 11.2. The summed E-state index contributed by atoms with van der Waals surface area (Å²) in [5.41, 5.74) is 1.36. The van der Waals surface area contributed by atoms with Crippen molar-refractivity contribution in [2.45, 2.75) is 11.3 Å². The zero-order valence-corrected chi connectivity index (χ0v) is 18.6. The van der Waals surface area contributed by atoms with Crippen molar-refractivity contribution in [3.05, 3.63) is 104 Å². The van der Waals surface area contributed by atoms with Gasteiger partial charge in [-0.05, 0) is 34.4 Å². The monoisotopic (exact) mass is 502 g/mol. The van der Waals surface area contributed by atoms with E-state index in [-0.39, 0.29) is 11.4 Å². The molecule has 0 N–H and O–H groups in total. The van der Waals surface area contributed by atoms with E-state index in [2.05, 4.69) is 15.9 Å². The lowest BCUT2D eigenvalue weighted by Crippen LogP contribution is -2.54. The molecule has 3 aliphatic carbocycles. The second kappa shape index (κ2) is 6.68. The van der Waals surface area contributed by atoms with Crippen LogP contribution in [0.1, 0.15) is 28.2 Å². The van der Waals surface area contributed by atoms with Gasteiger partial charge in [-0.25, -0.2) is 4.90 Å². The maximum atomic E-state index is 13.9. The average Bonchev–Trinajstić information content (AvgIpc) is 3.10. The van der Waals surface area contributed by atoms with Crippen molar-refractivity contribution in [3.8, 4) is 0 Å². The van der Waals surface area contributed by atoms with Crippen molar-refractivity contribution in [2.75, 3.05) is 4.90 Å². The zero-order chi connectivity index (χ0) is 23.1. The topological polar surface area (TPSA) is 97.6 Å². The number of rotatable bonds is 3. The molecule has 162 valence electrons. The Morgan fingerprint density at radius 1 is 0.939 bits per heavy atom. The molecule has 2 atom stereocenters. The predicted molar refractivity (Wildman–Crippen MR) is 122 cm³/mol. The first-order valence-electron chi connectivity index (χ1n) is 10.4. The highest BCUT2D eigenvalue weighted by atomic mass is 79.9. The molecule has 4 aliphatic rings. The van der Waals surface area contributed by atoms with Crippen LogP contribution in [-0.2, 0) is 19.8 Å². The summed E-state index contributed by atoms with van der Waals surface area (Å²) in [5.74, 6) is -3.32. The van der Waals surface area contributed by atoms with E-state index in [1.807, 2.05) is 48.5 Å². The molecule has 1 fully saturated rings. The fourth-order valence-corrected chi connectivity index (χ4v) is 6.45. The second-order valence-corrected chi connectivity index (χ2v) is 9.46. The van der Waals surface area contributed by atoms with E-state index in [1.165, 1.54) is 12.1 Å². The molecule has 3 aromatic rings. The van der Waals surface area contributed by atoms with Crippen molar-refractivity contribution < 1.29 is 19.3 Å². The third-order valence-electron chi connectivity index (χ3n) is 7.24. The van der Waals surface area contributed by atoms with E-state index in [1.54, 1.807) is 6.07 Å². The fourth-order valence-electron chi connectivity index (χ4n) is 6.10. The van der Waals surface area contributed by atoms with E-state index in [4.69, 9.17) is 0 Å². The zero-order valence-electron chi connectivity index (χ0n) is 17.0. The fraction of sp³-hybridized carbons (Fsp3) is 0.160. The van der Waals surface area contributed by atoms with E-state index in [0.29, 0.717) is 4.47 Å². The van der Waals surface area contributed by atoms with Gasteiger partial charge in [-0.1, -0.05) is 64.5 Å². The quantitative estimate of drug-likeness (QED) is 0.232. The first-order chi connectivity index (χ1) is 15.9. The number of amides is 2. The highest BCUT2D eigenvalue weighted by Gasteiger charge is 2.68. The Labute approximate surface area is 196 Å². The van der Waals surface area contributed by atoms with Gasteiger partial charge in [0.15, 0.2) is 0 Å². The molecule has 2 bridgehead atoms. The third-order valence-corrected chi connectivity index (χ3v) is 7.74. The van der Waals surface area contributed by atoms with Crippen LogP contribution < -0.4 is 4.90 Å². The van der Waals surface area contributed by atoms with Crippen LogP contribution in [0.5, 0.6) is 0 Å². The lowest BCUT2D eigenvalue weighted by Gasteiger charge is -2.51. The van der Waals surface area contributed by atoms with Gasteiger partial charge < -0.3 is 4.79 Å². The summed E-state index contributed by atoms with van der Waals surface area (Å²) in [6.45, 7) is 0.